The third-order valence-corrected chi connectivity index (χ3v) is 6.86. The molecule has 3 aromatic heterocycles. The van der Waals surface area contributed by atoms with Gasteiger partial charge in [-0.15, -0.1) is 0 Å². The first-order valence-electron chi connectivity index (χ1n) is 12.8. The number of carbonyl (C=O) groups is 2. The van der Waals surface area contributed by atoms with Crippen LogP contribution >= 0.6 is 0 Å². The predicted molar refractivity (Wildman–Crippen MR) is 143 cm³/mol. The Kier molecular flexibility index (Phi) is 7.16. The van der Waals surface area contributed by atoms with Crippen molar-refractivity contribution >= 4 is 22.8 Å². The van der Waals surface area contributed by atoms with Crippen LogP contribution < -0.4 is 0 Å². The summed E-state index contributed by atoms with van der Waals surface area (Å²) in [6, 6.07) is 16.7. The molecule has 4 heterocycles. The average molecular weight is 495 g/mol. The molecule has 0 spiro atoms. The molecular weight excluding hydrogens is 464 g/mol. The summed E-state index contributed by atoms with van der Waals surface area (Å²) in [4.78, 5) is 48.8. The van der Waals surface area contributed by atoms with Crippen molar-refractivity contribution in [3.8, 4) is 22.8 Å². The van der Waals surface area contributed by atoms with E-state index in [1.54, 1.807) is 29.4 Å². The first-order chi connectivity index (χ1) is 18.1. The lowest BCUT2D eigenvalue weighted by atomic mass is 9.95. The van der Waals surface area contributed by atoms with E-state index in [2.05, 4.69) is 9.97 Å². The number of aromatic nitrogens is 4. The minimum Gasteiger partial charge on any atom is -0.343 e. The summed E-state index contributed by atoms with van der Waals surface area (Å²) in [5, 5.41) is 0. The van der Waals surface area contributed by atoms with Gasteiger partial charge in [0.2, 0.25) is 5.91 Å². The van der Waals surface area contributed by atoms with Gasteiger partial charge in [-0.1, -0.05) is 12.1 Å². The molecule has 0 N–H and O–H groups in total. The highest BCUT2D eigenvalue weighted by Crippen LogP contribution is 2.29. The molecule has 0 saturated carbocycles. The molecule has 37 heavy (non-hydrogen) atoms. The fraction of sp³-hybridized carbons (Fsp3) is 0.310. The van der Waals surface area contributed by atoms with Gasteiger partial charge >= 0.3 is 0 Å². The second kappa shape index (κ2) is 10.8. The van der Waals surface area contributed by atoms with Crippen LogP contribution in [-0.2, 0) is 4.79 Å². The monoisotopic (exact) mass is 494 g/mol. The van der Waals surface area contributed by atoms with Crippen LogP contribution in [0, 0.1) is 5.92 Å². The highest BCUT2D eigenvalue weighted by atomic mass is 16.2. The zero-order valence-corrected chi connectivity index (χ0v) is 21.2. The fourth-order valence-corrected chi connectivity index (χ4v) is 4.89. The second-order valence-corrected chi connectivity index (χ2v) is 9.16. The molecule has 1 atom stereocenters. The Morgan fingerprint density at radius 2 is 1.54 bits per heavy atom. The molecule has 0 bridgehead atoms. The first-order valence-corrected chi connectivity index (χ1v) is 12.8. The van der Waals surface area contributed by atoms with Crippen LogP contribution in [0.25, 0.3) is 33.8 Å². The van der Waals surface area contributed by atoms with Gasteiger partial charge in [-0.3, -0.25) is 19.6 Å². The number of piperidine rings is 1. The number of hydrogen-bond acceptors (Lipinski definition) is 6. The smallest absolute Gasteiger partial charge is 0.253 e. The summed E-state index contributed by atoms with van der Waals surface area (Å²) in [6.45, 7) is 6.42. The third-order valence-electron chi connectivity index (χ3n) is 6.86. The first kappa shape index (κ1) is 24.5. The molecule has 188 valence electrons. The Bertz CT molecular complexity index is 1410. The molecule has 8 heteroatoms. The summed E-state index contributed by atoms with van der Waals surface area (Å²) >= 11 is 0. The number of nitrogens with zero attached hydrogens (tertiary/aromatic N) is 6. The molecular formula is C29H30N6O2. The van der Waals surface area contributed by atoms with Gasteiger partial charge in [0.25, 0.3) is 5.91 Å². The molecule has 5 rings (SSSR count). The lowest BCUT2D eigenvalue weighted by Gasteiger charge is -2.34. The number of likely N-dealkylation sites (tertiary alicyclic amines) is 1. The normalized spacial score (nSPS) is 15.5. The van der Waals surface area contributed by atoms with Gasteiger partial charge in [0.1, 0.15) is 11.4 Å². The van der Waals surface area contributed by atoms with Crippen LogP contribution in [0.4, 0.5) is 0 Å². The number of hydrogen-bond donors (Lipinski definition) is 0. The van der Waals surface area contributed by atoms with Gasteiger partial charge in [-0.25, -0.2) is 9.97 Å². The number of benzene rings is 1. The van der Waals surface area contributed by atoms with Gasteiger partial charge < -0.3 is 9.80 Å². The maximum absolute atomic E-state index is 13.5. The minimum absolute atomic E-state index is 0.0889. The van der Waals surface area contributed by atoms with Crippen molar-refractivity contribution in [2.75, 3.05) is 26.2 Å². The Labute approximate surface area is 216 Å². The second-order valence-electron chi connectivity index (χ2n) is 9.16. The van der Waals surface area contributed by atoms with Crippen LogP contribution in [0.15, 0.2) is 67.0 Å². The van der Waals surface area contributed by atoms with Gasteiger partial charge in [-0.2, -0.15) is 0 Å². The molecule has 1 saturated heterocycles. The van der Waals surface area contributed by atoms with Gasteiger partial charge in [-0.05, 0) is 69.2 Å². The van der Waals surface area contributed by atoms with Crippen molar-refractivity contribution < 1.29 is 9.59 Å². The van der Waals surface area contributed by atoms with Crippen molar-refractivity contribution in [3.63, 3.8) is 0 Å². The number of rotatable bonds is 6. The van der Waals surface area contributed by atoms with Crippen LogP contribution in [0.1, 0.15) is 37.0 Å². The molecule has 0 aliphatic carbocycles. The molecule has 2 amide bonds. The summed E-state index contributed by atoms with van der Waals surface area (Å²) in [7, 11) is 0. The zero-order chi connectivity index (χ0) is 25.8. The maximum atomic E-state index is 13.5. The van der Waals surface area contributed by atoms with Crippen LogP contribution in [0.2, 0.25) is 0 Å². The minimum atomic E-state index is -0.158. The van der Waals surface area contributed by atoms with Crippen molar-refractivity contribution in [1.82, 2.24) is 29.7 Å². The summed E-state index contributed by atoms with van der Waals surface area (Å²) in [5.41, 5.74) is 4.45. The van der Waals surface area contributed by atoms with E-state index < -0.39 is 0 Å². The van der Waals surface area contributed by atoms with Gasteiger partial charge in [0.05, 0.1) is 28.3 Å². The summed E-state index contributed by atoms with van der Waals surface area (Å²) in [6.07, 6.45) is 5.07. The number of fused-ring (bicyclic) bond motifs is 1. The van der Waals surface area contributed by atoms with E-state index in [1.165, 1.54) is 0 Å². The van der Waals surface area contributed by atoms with Gasteiger partial charge in [0, 0.05) is 44.1 Å². The van der Waals surface area contributed by atoms with E-state index in [9.17, 15) is 9.59 Å². The van der Waals surface area contributed by atoms with Crippen LogP contribution in [-0.4, -0.2) is 67.7 Å². The molecule has 0 radical (unpaired) electrons. The van der Waals surface area contributed by atoms with Crippen molar-refractivity contribution in [3.05, 3.63) is 72.6 Å². The summed E-state index contributed by atoms with van der Waals surface area (Å²) in [5.74, 6) is -0.114. The molecule has 1 fully saturated rings. The van der Waals surface area contributed by atoms with E-state index in [4.69, 9.17) is 9.97 Å². The lowest BCUT2D eigenvalue weighted by Crippen LogP contribution is -2.46. The van der Waals surface area contributed by atoms with Crippen LogP contribution in [0.5, 0.6) is 0 Å². The molecule has 1 aromatic carbocycles. The van der Waals surface area contributed by atoms with E-state index in [1.807, 2.05) is 61.2 Å². The Morgan fingerprint density at radius 3 is 2.14 bits per heavy atom. The van der Waals surface area contributed by atoms with Crippen molar-refractivity contribution in [2.24, 2.45) is 5.92 Å². The van der Waals surface area contributed by atoms with Crippen LogP contribution in [0.3, 0.4) is 0 Å². The largest absolute Gasteiger partial charge is 0.343 e. The quantitative estimate of drug-likeness (QED) is 0.393. The Balaban J connectivity index is 1.48. The highest BCUT2D eigenvalue weighted by Gasteiger charge is 2.31. The Morgan fingerprint density at radius 1 is 0.892 bits per heavy atom. The SMILES string of the molecule is CCN(CC)C(=O)[C@H]1CCCN(C(=O)c2ccc3nc(-c4ccccn4)c(-c4ccccn4)nc3c2)C1. The highest BCUT2D eigenvalue weighted by molar-refractivity contribution is 5.98. The fourth-order valence-electron chi connectivity index (χ4n) is 4.89. The van der Waals surface area contributed by atoms with E-state index in [-0.39, 0.29) is 17.7 Å². The van der Waals surface area contributed by atoms with Gasteiger partial charge in [0.15, 0.2) is 0 Å². The van der Waals surface area contributed by atoms with Crippen molar-refractivity contribution in [2.45, 2.75) is 26.7 Å². The molecule has 1 aliphatic heterocycles. The number of amides is 2. The molecule has 0 unspecified atom stereocenters. The maximum Gasteiger partial charge on any atom is 0.253 e. The molecule has 1 aliphatic rings. The van der Waals surface area contributed by atoms with E-state index in [0.717, 1.165) is 12.8 Å². The standard InChI is InChI=1S/C29H30N6O2/c1-3-34(4-2)29(37)21-10-9-17-35(19-21)28(36)20-13-14-22-25(18-20)33-27(24-12-6-8-16-31-24)26(32-22)23-11-5-7-15-30-23/h5-8,11-16,18,21H,3-4,9-10,17,19H2,1-2H3/t21-/m0/s1. The predicted octanol–water partition coefficient (Wildman–Crippen LogP) is 4.47. The van der Waals surface area contributed by atoms with E-state index in [0.29, 0.717) is 65.6 Å². The van der Waals surface area contributed by atoms with Crippen molar-refractivity contribution in [1.29, 1.82) is 0 Å². The third kappa shape index (κ3) is 5.05. The number of carbonyl (C=O) groups excluding carboxylic acids is 2. The number of pyridine rings is 2. The Hall–Kier alpha value is -4.20. The molecule has 4 aromatic rings. The van der Waals surface area contributed by atoms with E-state index >= 15 is 0 Å². The zero-order valence-electron chi connectivity index (χ0n) is 21.2. The molecule has 8 nitrogen and oxygen atoms in total. The topological polar surface area (TPSA) is 92.2 Å². The lowest BCUT2D eigenvalue weighted by molar-refractivity contribution is -0.136. The average Bonchev–Trinajstić information content (AvgIpc) is 2.97. The summed E-state index contributed by atoms with van der Waals surface area (Å²) < 4.78 is 0.